The predicted octanol–water partition coefficient (Wildman–Crippen LogP) is 4.01. The van der Waals surface area contributed by atoms with Gasteiger partial charge in [0.1, 0.15) is 5.82 Å². The van der Waals surface area contributed by atoms with Gasteiger partial charge >= 0.3 is 0 Å². The van der Waals surface area contributed by atoms with Crippen LogP contribution in [0.3, 0.4) is 0 Å². The zero-order chi connectivity index (χ0) is 23.3. The minimum Gasteiger partial charge on any atom is -0.356 e. The fraction of sp³-hybridized carbons (Fsp3) is 0.393. The summed E-state index contributed by atoms with van der Waals surface area (Å²) < 4.78 is 0. The summed E-state index contributed by atoms with van der Waals surface area (Å²) in [4.78, 5) is 29.3. The van der Waals surface area contributed by atoms with Crippen molar-refractivity contribution in [3.05, 3.63) is 78.0 Å². The summed E-state index contributed by atoms with van der Waals surface area (Å²) in [6.45, 7) is 8.31. The molecule has 2 aliphatic heterocycles. The van der Waals surface area contributed by atoms with Crippen LogP contribution in [-0.4, -0.2) is 64.9 Å². The van der Waals surface area contributed by atoms with Crippen LogP contribution in [0.1, 0.15) is 24.0 Å². The highest BCUT2D eigenvalue weighted by Gasteiger charge is 2.30. The average Bonchev–Trinajstić information content (AvgIpc) is 2.89. The van der Waals surface area contributed by atoms with Gasteiger partial charge in [-0.3, -0.25) is 9.69 Å². The van der Waals surface area contributed by atoms with E-state index in [0.717, 1.165) is 75.9 Å². The normalized spacial score (nSPS) is 17.7. The summed E-state index contributed by atoms with van der Waals surface area (Å²) in [5, 5.41) is 0. The number of carbonyl (C=O) groups excluding carboxylic acids is 1. The van der Waals surface area contributed by atoms with Crippen LogP contribution in [0.25, 0.3) is 11.4 Å². The second-order valence-electron chi connectivity index (χ2n) is 9.46. The number of piperazine rings is 1. The predicted molar refractivity (Wildman–Crippen MR) is 135 cm³/mol. The largest absolute Gasteiger partial charge is 0.356 e. The van der Waals surface area contributed by atoms with Crippen LogP contribution in [0.15, 0.2) is 66.9 Å². The van der Waals surface area contributed by atoms with Gasteiger partial charge in [-0.05, 0) is 37.5 Å². The van der Waals surface area contributed by atoms with Crippen molar-refractivity contribution in [3.8, 4) is 11.4 Å². The summed E-state index contributed by atoms with van der Waals surface area (Å²) in [5.74, 6) is 2.16. The molecule has 2 aromatic carbocycles. The Morgan fingerprint density at radius 2 is 1.68 bits per heavy atom. The smallest absolute Gasteiger partial charge is 0.225 e. The maximum Gasteiger partial charge on any atom is 0.225 e. The number of rotatable bonds is 5. The minimum absolute atomic E-state index is 0.120. The van der Waals surface area contributed by atoms with Crippen molar-refractivity contribution in [2.45, 2.75) is 26.3 Å². The van der Waals surface area contributed by atoms with E-state index in [1.807, 2.05) is 18.3 Å². The molecule has 6 nitrogen and oxygen atoms in total. The van der Waals surface area contributed by atoms with Gasteiger partial charge in [-0.1, -0.05) is 54.1 Å². The van der Waals surface area contributed by atoms with Crippen molar-refractivity contribution in [1.29, 1.82) is 0 Å². The molecule has 1 aromatic heterocycles. The van der Waals surface area contributed by atoms with Crippen molar-refractivity contribution in [1.82, 2.24) is 19.8 Å². The van der Waals surface area contributed by atoms with Gasteiger partial charge in [0.2, 0.25) is 5.91 Å². The monoisotopic (exact) mass is 455 g/mol. The molecule has 2 saturated heterocycles. The quantitative estimate of drug-likeness (QED) is 0.582. The number of carbonyl (C=O) groups is 1. The Kier molecular flexibility index (Phi) is 6.86. The van der Waals surface area contributed by atoms with Crippen LogP contribution in [-0.2, 0) is 11.3 Å². The van der Waals surface area contributed by atoms with E-state index in [9.17, 15) is 4.79 Å². The molecule has 0 aliphatic carbocycles. The Bertz CT molecular complexity index is 1100. The lowest BCUT2D eigenvalue weighted by Crippen LogP contribution is -2.51. The van der Waals surface area contributed by atoms with Crippen molar-refractivity contribution in [2.75, 3.05) is 44.2 Å². The first-order valence-electron chi connectivity index (χ1n) is 12.4. The lowest BCUT2D eigenvalue weighted by atomic mass is 9.95. The number of aryl methyl sites for hydroxylation is 1. The van der Waals surface area contributed by atoms with Gasteiger partial charge in [-0.2, -0.15) is 0 Å². The molecule has 3 aromatic rings. The molecule has 0 N–H and O–H groups in total. The molecule has 0 bridgehead atoms. The number of aromatic nitrogens is 2. The zero-order valence-electron chi connectivity index (χ0n) is 19.9. The van der Waals surface area contributed by atoms with Crippen LogP contribution in [0.5, 0.6) is 0 Å². The van der Waals surface area contributed by atoms with Gasteiger partial charge in [0.05, 0.1) is 0 Å². The SMILES string of the molecule is Cc1cccc(-c2nccc(N3CCC(C(=O)N4CCN(Cc5ccccc5)CC4)CC3)n2)c1. The Hall–Kier alpha value is -3.25. The van der Waals surface area contributed by atoms with Gasteiger partial charge in [0.25, 0.3) is 0 Å². The minimum atomic E-state index is 0.120. The Balaban J connectivity index is 1.13. The third-order valence-corrected chi connectivity index (χ3v) is 7.02. The highest BCUT2D eigenvalue weighted by Crippen LogP contribution is 2.26. The second-order valence-corrected chi connectivity index (χ2v) is 9.46. The number of amides is 1. The van der Waals surface area contributed by atoms with Gasteiger partial charge < -0.3 is 9.80 Å². The molecule has 3 heterocycles. The molecule has 34 heavy (non-hydrogen) atoms. The number of hydrogen-bond donors (Lipinski definition) is 0. The van der Waals surface area contributed by atoms with E-state index >= 15 is 0 Å². The number of nitrogens with zero attached hydrogens (tertiary/aromatic N) is 5. The molecule has 0 spiro atoms. The summed E-state index contributed by atoms with van der Waals surface area (Å²) in [5.41, 5.74) is 3.58. The van der Waals surface area contributed by atoms with Crippen LogP contribution >= 0.6 is 0 Å². The Morgan fingerprint density at radius 1 is 0.912 bits per heavy atom. The first-order valence-corrected chi connectivity index (χ1v) is 12.4. The van der Waals surface area contributed by atoms with Crippen molar-refractivity contribution >= 4 is 11.7 Å². The number of hydrogen-bond acceptors (Lipinski definition) is 5. The summed E-state index contributed by atoms with van der Waals surface area (Å²) in [6, 6.07) is 20.8. The second kappa shape index (κ2) is 10.3. The molecule has 0 unspecified atom stereocenters. The molecule has 0 saturated carbocycles. The van der Waals surface area contributed by atoms with Crippen molar-refractivity contribution in [3.63, 3.8) is 0 Å². The van der Waals surface area contributed by atoms with Crippen molar-refractivity contribution < 1.29 is 4.79 Å². The number of benzene rings is 2. The maximum atomic E-state index is 13.2. The average molecular weight is 456 g/mol. The molecule has 2 aliphatic rings. The molecule has 6 heteroatoms. The summed E-state index contributed by atoms with van der Waals surface area (Å²) in [6.07, 6.45) is 3.60. The fourth-order valence-corrected chi connectivity index (χ4v) is 5.03. The van der Waals surface area contributed by atoms with Crippen LogP contribution in [0.2, 0.25) is 0 Å². The van der Waals surface area contributed by atoms with E-state index in [1.54, 1.807) is 0 Å². The maximum absolute atomic E-state index is 13.2. The molecular weight excluding hydrogens is 422 g/mol. The Morgan fingerprint density at radius 3 is 2.41 bits per heavy atom. The van der Waals surface area contributed by atoms with Crippen LogP contribution in [0, 0.1) is 12.8 Å². The molecular formula is C28H33N5O. The highest BCUT2D eigenvalue weighted by atomic mass is 16.2. The molecule has 176 valence electrons. The third-order valence-electron chi connectivity index (χ3n) is 7.02. The van der Waals surface area contributed by atoms with E-state index in [4.69, 9.17) is 4.98 Å². The molecule has 5 rings (SSSR count). The first-order chi connectivity index (χ1) is 16.7. The van der Waals surface area contributed by atoms with E-state index < -0.39 is 0 Å². The van der Waals surface area contributed by atoms with Crippen LogP contribution in [0.4, 0.5) is 5.82 Å². The zero-order valence-corrected chi connectivity index (χ0v) is 19.9. The highest BCUT2D eigenvalue weighted by molar-refractivity contribution is 5.79. The van der Waals surface area contributed by atoms with Gasteiger partial charge in [0.15, 0.2) is 5.82 Å². The van der Waals surface area contributed by atoms with E-state index in [1.165, 1.54) is 11.1 Å². The lowest BCUT2D eigenvalue weighted by molar-refractivity contribution is -0.138. The number of piperidine rings is 1. The molecule has 0 radical (unpaired) electrons. The summed E-state index contributed by atoms with van der Waals surface area (Å²) in [7, 11) is 0. The molecule has 2 fully saturated rings. The van der Waals surface area contributed by atoms with Gasteiger partial charge in [0, 0.05) is 63.5 Å². The molecule has 0 atom stereocenters. The fourth-order valence-electron chi connectivity index (χ4n) is 5.03. The topological polar surface area (TPSA) is 52.6 Å². The standard InChI is InChI=1S/C28H33N5O/c1-22-6-5-9-25(20-22)27-29-13-10-26(30-27)32-14-11-24(12-15-32)28(34)33-18-16-31(17-19-33)21-23-7-3-2-4-8-23/h2-10,13,20,24H,11-12,14-19,21H2,1H3. The number of anilines is 1. The van der Waals surface area contributed by atoms with Gasteiger partial charge in [-0.25, -0.2) is 9.97 Å². The van der Waals surface area contributed by atoms with E-state index in [-0.39, 0.29) is 5.92 Å². The van der Waals surface area contributed by atoms with Crippen molar-refractivity contribution in [2.24, 2.45) is 5.92 Å². The lowest BCUT2D eigenvalue weighted by Gasteiger charge is -2.38. The van der Waals surface area contributed by atoms with E-state index in [2.05, 4.69) is 75.1 Å². The Labute approximate surface area is 202 Å². The van der Waals surface area contributed by atoms with E-state index in [0.29, 0.717) is 5.91 Å². The van der Waals surface area contributed by atoms with Crippen LogP contribution < -0.4 is 4.90 Å². The third kappa shape index (κ3) is 5.28. The first kappa shape index (κ1) is 22.5. The summed E-state index contributed by atoms with van der Waals surface area (Å²) >= 11 is 0. The molecule has 1 amide bonds. The van der Waals surface area contributed by atoms with Gasteiger partial charge in [-0.15, -0.1) is 0 Å².